The highest BCUT2D eigenvalue weighted by Gasteiger charge is 2.42. The number of rotatable bonds is 13. The highest BCUT2D eigenvalue weighted by molar-refractivity contribution is 8.03. The largest absolute Gasteiger partial charge is 0.393 e. The quantitative estimate of drug-likeness (QED) is 0.307. The third kappa shape index (κ3) is 7.61. The molecule has 40 heavy (non-hydrogen) atoms. The molecule has 4 rings (SSSR count). The van der Waals surface area contributed by atoms with E-state index in [9.17, 15) is 29.4 Å². The van der Waals surface area contributed by atoms with Crippen LogP contribution in [0.25, 0.3) is 0 Å². The average Bonchev–Trinajstić information content (AvgIpc) is 3.55. The van der Waals surface area contributed by atoms with Crippen molar-refractivity contribution in [2.45, 2.75) is 91.3 Å². The number of carbonyl (C=O) groups excluding carboxylic acids is 4. The van der Waals surface area contributed by atoms with Crippen molar-refractivity contribution in [1.29, 1.82) is 0 Å². The zero-order chi connectivity index (χ0) is 29.2. The molecule has 0 aromatic rings. The Labute approximate surface area is 246 Å². The summed E-state index contributed by atoms with van der Waals surface area (Å²) in [5.74, 6) is 0.729. The molecule has 4 unspecified atom stereocenters. The van der Waals surface area contributed by atoms with Crippen LogP contribution in [0.5, 0.6) is 0 Å². The van der Waals surface area contributed by atoms with E-state index in [1.807, 2.05) is 27.7 Å². The normalized spacial score (nSPS) is 25.1. The molecular weight excluding hydrogens is 548 g/mol. The number of hydrogen-bond acceptors (Lipinski definition) is 8. The topological polar surface area (TPSA) is 115 Å². The summed E-state index contributed by atoms with van der Waals surface area (Å²) in [6, 6.07) is 0. The lowest BCUT2D eigenvalue weighted by molar-refractivity contribution is -0.148. The van der Waals surface area contributed by atoms with Crippen molar-refractivity contribution in [3.05, 3.63) is 22.0 Å². The molecule has 8 nitrogen and oxygen atoms in total. The van der Waals surface area contributed by atoms with Crippen molar-refractivity contribution in [3.8, 4) is 0 Å². The molecule has 0 bridgehead atoms. The second kappa shape index (κ2) is 12.7. The summed E-state index contributed by atoms with van der Waals surface area (Å²) in [5, 5.41) is 21.2. The molecule has 4 amide bonds. The number of nitrogens with zero attached hydrogens (tertiary/aromatic N) is 2. The maximum atomic E-state index is 12.9. The number of carbonyl (C=O) groups is 4. The van der Waals surface area contributed by atoms with Crippen molar-refractivity contribution < 1.29 is 29.4 Å². The number of amides is 4. The Kier molecular flexibility index (Phi) is 9.95. The number of thioether (sulfide) groups is 2. The molecule has 222 valence electrons. The first-order valence-electron chi connectivity index (χ1n) is 14.5. The van der Waals surface area contributed by atoms with Crippen molar-refractivity contribution in [3.63, 3.8) is 0 Å². The summed E-state index contributed by atoms with van der Waals surface area (Å²) in [5.41, 5.74) is -0.662. The standard InChI is InChI=1S/C30H44N2O6S2/c1-29(2,17-31-25(35)15-23-21(27(31)37)9-13-39-23)11-7-19(33)5-6-20(34)8-12-30(3,4)18-32-26(36)16-24-22(28(32)38)10-14-40-24/h15-16,19-22,33-34H,5-14,17-18H2,1-4H3. The molecule has 2 fully saturated rings. The maximum absolute atomic E-state index is 12.9. The minimum absolute atomic E-state index is 0.0973. The van der Waals surface area contributed by atoms with E-state index in [1.165, 1.54) is 9.80 Å². The van der Waals surface area contributed by atoms with Gasteiger partial charge in [-0.2, -0.15) is 0 Å². The van der Waals surface area contributed by atoms with Crippen LogP contribution in [0.3, 0.4) is 0 Å². The van der Waals surface area contributed by atoms with Gasteiger partial charge in [0.25, 0.3) is 11.8 Å². The molecule has 0 aromatic carbocycles. The summed E-state index contributed by atoms with van der Waals surface area (Å²) in [6.07, 6.45) is 6.89. The van der Waals surface area contributed by atoms with Crippen LogP contribution in [-0.2, 0) is 19.2 Å². The van der Waals surface area contributed by atoms with E-state index < -0.39 is 12.2 Å². The highest BCUT2D eigenvalue weighted by Crippen LogP contribution is 2.42. The van der Waals surface area contributed by atoms with Crippen LogP contribution in [0.4, 0.5) is 0 Å². The number of aliphatic hydroxyl groups is 2. The van der Waals surface area contributed by atoms with Crippen molar-refractivity contribution in [1.82, 2.24) is 9.80 Å². The summed E-state index contributed by atoms with van der Waals surface area (Å²) in [6.45, 7) is 8.72. The van der Waals surface area contributed by atoms with E-state index in [0.29, 0.717) is 51.6 Å². The lowest BCUT2D eigenvalue weighted by atomic mass is 9.83. The zero-order valence-corrected chi connectivity index (χ0v) is 25.8. The van der Waals surface area contributed by atoms with Gasteiger partial charge in [-0.1, -0.05) is 27.7 Å². The SMILES string of the molecule is CC(C)(CCC(O)CCC(O)CCC(C)(C)CN1C(=O)C=C2SCCC2C1=O)CN1C(=O)C=C2SCCC2C1=O. The van der Waals surface area contributed by atoms with Gasteiger partial charge < -0.3 is 10.2 Å². The summed E-state index contributed by atoms with van der Waals surface area (Å²) < 4.78 is 0. The van der Waals surface area contributed by atoms with Gasteiger partial charge in [0.1, 0.15) is 0 Å². The molecule has 0 spiro atoms. The van der Waals surface area contributed by atoms with Crippen molar-refractivity contribution >= 4 is 47.2 Å². The van der Waals surface area contributed by atoms with Gasteiger partial charge in [0.2, 0.25) is 11.8 Å². The smallest absolute Gasteiger partial charge is 0.254 e. The van der Waals surface area contributed by atoms with Crippen LogP contribution in [0.2, 0.25) is 0 Å². The summed E-state index contributed by atoms with van der Waals surface area (Å²) >= 11 is 3.20. The fourth-order valence-corrected chi connectivity index (χ4v) is 8.34. The fourth-order valence-electron chi connectivity index (χ4n) is 5.96. The number of aliphatic hydroxyl groups excluding tert-OH is 2. The van der Waals surface area contributed by atoms with E-state index in [1.54, 1.807) is 35.7 Å². The Hall–Kier alpha value is -1.62. The molecule has 2 saturated heterocycles. The van der Waals surface area contributed by atoms with Crippen LogP contribution in [0.15, 0.2) is 22.0 Å². The van der Waals surface area contributed by atoms with Gasteiger partial charge >= 0.3 is 0 Å². The lowest BCUT2D eigenvalue weighted by Gasteiger charge is -2.35. The summed E-state index contributed by atoms with van der Waals surface area (Å²) in [7, 11) is 0. The highest BCUT2D eigenvalue weighted by atomic mass is 32.2. The van der Waals surface area contributed by atoms with Crippen molar-refractivity contribution in [2.24, 2.45) is 22.7 Å². The van der Waals surface area contributed by atoms with Gasteiger partial charge in [-0.15, -0.1) is 23.5 Å². The van der Waals surface area contributed by atoms with Crippen molar-refractivity contribution in [2.75, 3.05) is 24.6 Å². The first-order chi connectivity index (χ1) is 18.8. The molecular formula is C30H44N2O6S2. The average molecular weight is 593 g/mol. The molecule has 0 aliphatic carbocycles. The minimum atomic E-state index is -0.582. The monoisotopic (exact) mass is 592 g/mol. The van der Waals surface area contributed by atoms with Gasteiger partial charge in [-0.3, -0.25) is 29.0 Å². The molecule has 4 heterocycles. The third-order valence-electron chi connectivity index (χ3n) is 8.54. The predicted molar refractivity (Wildman–Crippen MR) is 158 cm³/mol. The van der Waals surface area contributed by atoms with Crippen LogP contribution < -0.4 is 0 Å². The Bertz CT molecular complexity index is 1000. The number of imide groups is 2. The Morgan fingerprint density at radius 2 is 1.10 bits per heavy atom. The molecule has 0 radical (unpaired) electrons. The van der Waals surface area contributed by atoms with Crippen LogP contribution in [0.1, 0.15) is 79.1 Å². The second-order valence-corrected chi connectivity index (χ2v) is 15.6. The molecule has 10 heteroatoms. The maximum Gasteiger partial charge on any atom is 0.254 e. The summed E-state index contributed by atoms with van der Waals surface area (Å²) in [4.78, 5) is 55.4. The van der Waals surface area contributed by atoms with Gasteiger partial charge in [-0.05, 0) is 73.7 Å². The van der Waals surface area contributed by atoms with Gasteiger partial charge in [-0.25, -0.2) is 0 Å². The van der Waals surface area contributed by atoms with E-state index >= 15 is 0 Å². The fraction of sp³-hybridized carbons (Fsp3) is 0.733. The molecule has 4 aliphatic heterocycles. The van der Waals surface area contributed by atoms with E-state index in [0.717, 1.165) is 34.2 Å². The molecule has 2 N–H and O–H groups in total. The lowest BCUT2D eigenvalue weighted by Crippen LogP contribution is -2.47. The van der Waals surface area contributed by atoms with Gasteiger partial charge in [0.05, 0.1) is 24.0 Å². The number of fused-ring (bicyclic) bond motifs is 2. The first-order valence-corrected chi connectivity index (χ1v) is 16.5. The predicted octanol–water partition coefficient (Wildman–Crippen LogP) is 4.11. The molecule has 4 aliphatic rings. The third-order valence-corrected chi connectivity index (χ3v) is 10.9. The van der Waals surface area contributed by atoms with E-state index in [2.05, 4.69) is 0 Å². The van der Waals surface area contributed by atoms with E-state index in [-0.39, 0.29) is 46.3 Å². The Balaban J connectivity index is 1.17. The number of hydrogen-bond donors (Lipinski definition) is 2. The van der Waals surface area contributed by atoms with Crippen LogP contribution in [0, 0.1) is 22.7 Å². The molecule has 0 saturated carbocycles. The Morgan fingerprint density at radius 3 is 1.48 bits per heavy atom. The van der Waals surface area contributed by atoms with Gasteiger partial charge in [0.15, 0.2) is 0 Å². The van der Waals surface area contributed by atoms with E-state index in [4.69, 9.17) is 0 Å². The minimum Gasteiger partial charge on any atom is -0.393 e. The zero-order valence-electron chi connectivity index (χ0n) is 24.2. The van der Waals surface area contributed by atoms with Gasteiger partial charge in [0, 0.05) is 35.1 Å². The first kappa shape index (κ1) is 31.3. The second-order valence-electron chi connectivity index (χ2n) is 13.3. The molecule has 0 aromatic heterocycles. The van der Waals surface area contributed by atoms with Crippen LogP contribution >= 0.6 is 23.5 Å². The van der Waals surface area contributed by atoms with Crippen LogP contribution in [-0.4, -0.2) is 80.4 Å². The molecule has 4 atom stereocenters. The Morgan fingerprint density at radius 1 is 0.725 bits per heavy atom.